The molecule has 5 rings (SSSR count). The van der Waals surface area contributed by atoms with Crippen LogP contribution in [-0.4, -0.2) is 45.5 Å². The number of rotatable bonds is 6. The first-order chi connectivity index (χ1) is 19.3. The lowest BCUT2D eigenvalue weighted by molar-refractivity contribution is 0.309. The van der Waals surface area contributed by atoms with E-state index in [9.17, 15) is 13.7 Å². The molecule has 4 aromatic rings. The van der Waals surface area contributed by atoms with Gasteiger partial charge in [0.05, 0.1) is 51.6 Å². The number of nitrogens with one attached hydrogen (secondary N) is 1. The van der Waals surface area contributed by atoms with Crippen LogP contribution in [-0.2, 0) is 15.3 Å². The van der Waals surface area contributed by atoms with Crippen LogP contribution in [0.15, 0.2) is 48.9 Å². The number of nitrogens with two attached hydrogens (primary N) is 1. The van der Waals surface area contributed by atoms with Crippen molar-refractivity contribution in [2.75, 3.05) is 11.6 Å². The SMILES string of the molecule is C[C@H]1C[C@@H](c2ccncc2Nc2ncc3ccc(-c4c(F)cc(C(C)(C)C#N)cc4F)nn23)C[C@@H](N)[C@@H]1S(C)(=O)=O. The summed E-state index contributed by atoms with van der Waals surface area (Å²) in [7, 11) is -3.29. The molecule has 41 heavy (non-hydrogen) atoms. The lowest BCUT2D eigenvalue weighted by Gasteiger charge is -2.38. The first-order valence-electron chi connectivity index (χ1n) is 13.2. The molecule has 9 nitrogen and oxygen atoms in total. The molecule has 3 N–H and O–H groups in total. The largest absolute Gasteiger partial charge is 0.326 e. The summed E-state index contributed by atoms with van der Waals surface area (Å²) in [6, 6.07) is 8.90. The Hall–Kier alpha value is -3.95. The van der Waals surface area contributed by atoms with Crippen LogP contribution in [0.2, 0.25) is 0 Å². The van der Waals surface area contributed by atoms with Gasteiger partial charge in [-0.3, -0.25) is 4.98 Å². The van der Waals surface area contributed by atoms with Crippen molar-refractivity contribution < 1.29 is 17.2 Å². The van der Waals surface area contributed by atoms with E-state index >= 15 is 8.78 Å². The van der Waals surface area contributed by atoms with E-state index in [1.165, 1.54) is 16.8 Å². The Morgan fingerprint density at radius 2 is 1.85 bits per heavy atom. The second-order valence-electron chi connectivity index (χ2n) is 11.4. The van der Waals surface area contributed by atoms with Gasteiger partial charge in [0, 0.05) is 18.5 Å². The molecule has 0 bridgehead atoms. The first kappa shape index (κ1) is 28.6. The summed E-state index contributed by atoms with van der Waals surface area (Å²) in [5, 5.41) is 16.5. The van der Waals surface area contributed by atoms with Crippen LogP contribution >= 0.6 is 0 Å². The minimum atomic E-state index is -3.29. The number of benzene rings is 1. The van der Waals surface area contributed by atoms with Gasteiger partial charge in [0.1, 0.15) is 11.6 Å². The van der Waals surface area contributed by atoms with E-state index in [0.29, 0.717) is 30.0 Å². The number of anilines is 2. The molecule has 214 valence electrons. The van der Waals surface area contributed by atoms with Crippen molar-refractivity contribution in [2.24, 2.45) is 11.7 Å². The molecular weight excluding hydrogens is 548 g/mol. The highest BCUT2D eigenvalue weighted by atomic mass is 32.2. The molecular formula is C29H31F2N7O2S. The number of hydrogen-bond donors (Lipinski definition) is 2. The lowest BCUT2D eigenvalue weighted by atomic mass is 9.76. The van der Waals surface area contributed by atoms with Crippen LogP contribution in [0.1, 0.15) is 50.7 Å². The molecule has 0 radical (unpaired) electrons. The van der Waals surface area contributed by atoms with Gasteiger partial charge in [0.15, 0.2) is 9.84 Å². The molecule has 1 aliphatic rings. The van der Waals surface area contributed by atoms with Crippen LogP contribution in [0.4, 0.5) is 20.4 Å². The van der Waals surface area contributed by atoms with Crippen LogP contribution in [0.25, 0.3) is 16.8 Å². The fourth-order valence-electron chi connectivity index (χ4n) is 5.89. The summed E-state index contributed by atoms with van der Waals surface area (Å²) in [4.78, 5) is 8.67. The summed E-state index contributed by atoms with van der Waals surface area (Å²) < 4.78 is 56.4. The fraction of sp³-hybridized carbons (Fsp3) is 0.379. The average molecular weight is 580 g/mol. The highest BCUT2D eigenvalue weighted by molar-refractivity contribution is 7.91. The molecule has 1 saturated carbocycles. The highest BCUT2D eigenvalue weighted by Gasteiger charge is 2.40. The van der Waals surface area contributed by atoms with E-state index in [1.54, 1.807) is 38.5 Å². The number of hydrogen-bond acceptors (Lipinski definition) is 8. The van der Waals surface area contributed by atoms with Crippen molar-refractivity contribution in [3.63, 3.8) is 0 Å². The van der Waals surface area contributed by atoms with Gasteiger partial charge in [-0.15, -0.1) is 0 Å². The average Bonchev–Trinajstić information content (AvgIpc) is 3.29. The van der Waals surface area contributed by atoms with Crippen LogP contribution in [0.3, 0.4) is 0 Å². The van der Waals surface area contributed by atoms with Crippen molar-refractivity contribution in [2.45, 2.75) is 56.2 Å². The van der Waals surface area contributed by atoms with E-state index in [0.717, 1.165) is 17.7 Å². The Bertz CT molecular complexity index is 1750. The topological polar surface area (TPSA) is 139 Å². The van der Waals surface area contributed by atoms with Gasteiger partial charge >= 0.3 is 0 Å². The summed E-state index contributed by atoms with van der Waals surface area (Å²) in [6.45, 7) is 5.09. The van der Waals surface area contributed by atoms with Gasteiger partial charge in [-0.1, -0.05) is 6.92 Å². The Morgan fingerprint density at radius 3 is 2.49 bits per heavy atom. The number of sulfone groups is 1. The molecule has 12 heteroatoms. The number of nitrogens with zero attached hydrogens (tertiary/aromatic N) is 5. The molecule has 3 aromatic heterocycles. The molecule has 1 aliphatic carbocycles. The third-order valence-corrected chi connectivity index (χ3v) is 9.72. The molecule has 0 aliphatic heterocycles. The van der Waals surface area contributed by atoms with Gasteiger partial charge < -0.3 is 11.1 Å². The van der Waals surface area contributed by atoms with E-state index < -0.39 is 38.2 Å². The van der Waals surface area contributed by atoms with Crippen molar-refractivity contribution in [1.82, 2.24) is 19.6 Å². The summed E-state index contributed by atoms with van der Waals surface area (Å²) in [6.07, 6.45) is 7.25. The number of pyridine rings is 1. The number of imidazole rings is 1. The summed E-state index contributed by atoms with van der Waals surface area (Å²) in [5.41, 5.74) is 7.43. The zero-order valence-electron chi connectivity index (χ0n) is 23.1. The maximum absolute atomic E-state index is 15.2. The standard InChI is InChI=1S/C29H31F2N7O2S/c1-16-9-17(10-23(33)27(16)41(4,39)40)20-7-8-34-14-25(20)36-28-35-13-19-5-6-24(37-38(19)28)26-21(30)11-18(12-22(26)31)29(2,3)15-32/h5-8,11-14,16-17,23,27H,9-10,33H2,1-4H3,(H,35,36)/t16-,17+,23+,27+/m0/s1. The van der Waals surface area contributed by atoms with E-state index in [2.05, 4.69) is 26.5 Å². The molecule has 3 heterocycles. The quantitative estimate of drug-likeness (QED) is 0.330. The minimum absolute atomic E-state index is 0.0161. The van der Waals surface area contributed by atoms with Gasteiger partial charge in [-0.2, -0.15) is 14.9 Å². The summed E-state index contributed by atoms with van der Waals surface area (Å²) in [5.74, 6) is -1.49. The molecule has 1 aromatic carbocycles. The summed E-state index contributed by atoms with van der Waals surface area (Å²) >= 11 is 0. The normalized spacial score (nSPS) is 21.5. The monoisotopic (exact) mass is 579 g/mol. The Kier molecular flexibility index (Phi) is 7.29. The predicted octanol–water partition coefficient (Wildman–Crippen LogP) is 4.87. The number of nitriles is 1. The smallest absolute Gasteiger partial charge is 0.229 e. The Morgan fingerprint density at radius 1 is 1.15 bits per heavy atom. The van der Waals surface area contributed by atoms with Crippen molar-refractivity contribution >= 4 is 27.0 Å². The van der Waals surface area contributed by atoms with E-state index in [1.807, 2.05) is 13.0 Å². The Balaban J connectivity index is 1.49. The number of halogens is 2. The van der Waals surface area contributed by atoms with Crippen molar-refractivity contribution in [3.05, 3.63) is 71.7 Å². The van der Waals surface area contributed by atoms with Crippen LogP contribution in [0.5, 0.6) is 0 Å². The van der Waals surface area contributed by atoms with Crippen LogP contribution in [0, 0.1) is 28.9 Å². The number of fused-ring (bicyclic) bond motifs is 1. The van der Waals surface area contributed by atoms with Crippen molar-refractivity contribution in [3.8, 4) is 17.3 Å². The molecule has 0 saturated heterocycles. The molecule has 4 atom stereocenters. The minimum Gasteiger partial charge on any atom is -0.326 e. The van der Waals surface area contributed by atoms with Crippen molar-refractivity contribution in [1.29, 1.82) is 5.26 Å². The van der Waals surface area contributed by atoms with Crippen LogP contribution < -0.4 is 11.1 Å². The lowest BCUT2D eigenvalue weighted by Crippen LogP contribution is -2.48. The van der Waals surface area contributed by atoms with Gasteiger partial charge in [-0.05, 0) is 80.0 Å². The zero-order valence-corrected chi connectivity index (χ0v) is 24.0. The third-order valence-electron chi connectivity index (χ3n) is 7.91. The molecule has 0 unspecified atom stereocenters. The maximum atomic E-state index is 15.2. The second kappa shape index (κ2) is 10.5. The molecule has 0 spiro atoms. The van der Waals surface area contributed by atoms with E-state index in [-0.39, 0.29) is 28.7 Å². The van der Waals surface area contributed by atoms with Gasteiger partial charge in [0.2, 0.25) is 5.95 Å². The molecule has 0 amide bonds. The third kappa shape index (κ3) is 5.39. The zero-order chi connectivity index (χ0) is 29.7. The highest BCUT2D eigenvalue weighted by Crippen LogP contribution is 2.41. The second-order valence-corrected chi connectivity index (χ2v) is 13.6. The molecule has 1 fully saturated rings. The predicted molar refractivity (Wildman–Crippen MR) is 152 cm³/mol. The first-order valence-corrected chi connectivity index (χ1v) is 15.2. The number of aromatic nitrogens is 4. The van der Waals surface area contributed by atoms with Gasteiger partial charge in [-0.25, -0.2) is 22.2 Å². The fourth-order valence-corrected chi connectivity index (χ4v) is 7.59. The maximum Gasteiger partial charge on any atom is 0.229 e. The Labute approximate surface area is 237 Å². The van der Waals surface area contributed by atoms with Gasteiger partial charge in [0.25, 0.3) is 0 Å². The van der Waals surface area contributed by atoms with E-state index in [4.69, 9.17) is 5.73 Å².